The van der Waals surface area contributed by atoms with Crippen molar-refractivity contribution in [2.45, 2.75) is 51.0 Å². The topological polar surface area (TPSA) is 96.9 Å². The number of rotatable bonds is 6. The van der Waals surface area contributed by atoms with E-state index in [0.717, 1.165) is 36.3 Å². The molecule has 0 bridgehead atoms. The van der Waals surface area contributed by atoms with Gasteiger partial charge in [-0.05, 0) is 68.4 Å². The quantitative estimate of drug-likeness (QED) is 0.738. The standard InChI is InChI=1S/C21H29N3O4S/c1-14(2)23-21(25)28-19-9-6-16(10-19)17-11-20(22-12-17)24-18-7-4-15(5-8-18)13-29(3,26)27/h4-5,7-8,11,14,16,19H,6,9-10,12-13H2,1-3H3,(H,22,24)(H,23,25)/t16-,19+/m0/s1. The maximum atomic E-state index is 11.8. The number of carbonyl (C=O) groups excluding carboxylic acids is 1. The Morgan fingerprint density at radius 2 is 1.97 bits per heavy atom. The molecule has 3 rings (SSSR count). The van der Waals surface area contributed by atoms with Gasteiger partial charge in [-0.2, -0.15) is 0 Å². The van der Waals surface area contributed by atoms with E-state index in [4.69, 9.17) is 4.74 Å². The number of anilines is 1. The van der Waals surface area contributed by atoms with Gasteiger partial charge in [0.25, 0.3) is 0 Å². The normalized spacial score (nSPS) is 21.7. The third-order valence-corrected chi connectivity index (χ3v) is 5.86. The summed E-state index contributed by atoms with van der Waals surface area (Å²) in [7, 11) is -3.04. The first kappa shape index (κ1) is 21.4. The molecule has 29 heavy (non-hydrogen) atoms. The summed E-state index contributed by atoms with van der Waals surface area (Å²) in [6, 6.07) is 7.41. The number of alkyl carbamates (subject to hydrolysis) is 1. The molecule has 1 amide bonds. The second-order valence-corrected chi connectivity index (χ2v) is 10.3. The first-order valence-electron chi connectivity index (χ1n) is 9.93. The van der Waals surface area contributed by atoms with Crippen LogP contribution in [-0.4, -0.2) is 45.3 Å². The number of hydrogen-bond donors (Lipinski definition) is 2. The molecular formula is C21H29N3O4S. The van der Waals surface area contributed by atoms with Crippen molar-refractivity contribution in [2.75, 3.05) is 18.1 Å². The van der Waals surface area contributed by atoms with Gasteiger partial charge in [0.15, 0.2) is 9.84 Å². The van der Waals surface area contributed by atoms with E-state index in [1.165, 1.54) is 11.8 Å². The van der Waals surface area contributed by atoms with Crippen LogP contribution in [0.4, 0.5) is 10.5 Å². The number of aliphatic imine (C=N–C) groups is 1. The molecule has 2 N–H and O–H groups in total. The molecule has 8 heteroatoms. The molecule has 1 aromatic carbocycles. The second kappa shape index (κ2) is 8.98. The fourth-order valence-corrected chi connectivity index (χ4v) is 4.50. The Morgan fingerprint density at radius 1 is 1.24 bits per heavy atom. The molecule has 158 valence electrons. The van der Waals surface area contributed by atoms with Crippen LogP contribution >= 0.6 is 0 Å². The Kier molecular flexibility index (Phi) is 6.62. The first-order chi connectivity index (χ1) is 13.7. The highest BCUT2D eigenvalue weighted by atomic mass is 32.2. The molecule has 1 fully saturated rings. The van der Waals surface area contributed by atoms with E-state index in [1.54, 1.807) is 0 Å². The van der Waals surface area contributed by atoms with Crippen molar-refractivity contribution in [1.29, 1.82) is 0 Å². The summed E-state index contributed by atoms with van der Waals surface area (Å²) in [5.74, 6) is 1.23. The van der Waals surface area contributed by atoms with Crippen LogP contribution in [-0.2, 0) is 20.3 Å². The zero-order valence-electron chi connectivity index (χ0n) is 17.1. The molecule has 1 aliphatic carbocycles. The van der Waals surface area contributed by atoms with Gasteiger partial charge in [0.05, 0.1) is 12.3 Å². The first-order valence-corrected chi connectivity index (χ1v) is 12.0. The van der Waals surface area contributed by atoms with E-state index in [2.05, 4.69) is 21.7 Å². The molecule has 1 aromatic rings. The molecule has 1 heterocycles. The van der Waals surface area contributed by atoms with Crippen molar-refractivity contribution in [3.8, 4) is 0 Å². The van der Waals surface area contributed by atoms with Crippen LogP contribution < -0.4 is 10.6 Å². The lowest BCUT2D eigenvalue weighted by Crippen LogP contribution is -2.33. The van der Waals surface area contributed by atoms with Crippen molar-refractivity contribution >= 4 is 27.5 Å². The highest BCUT2D eigenvalue weighted by molar-refractivity contribution is 7.89. The lowest BCUT2D eigenvalue weighted by Gasteiger charge is -2.15. The van der Waals surface area contributed by atoms with Crippen molar-refractivity contribution < 1.29 is 17.9 Å². The molecule has 0 unspecified atom stereocenters. The highest BCUT2D eigenvalue weighted by Crippen LogP contribution is 2.34. The zero-order chi connectivity index (χ0) is 21.0. The fraction of sp³-hybridized carbons (Fsp3) is 0.524. The van der Waals surface area contributed by atoms with Crippen LogP contribution in [0.25, 0.3) is 0 Å². The van der Waals surface area contributed by atoms with Crippen molar-refractivity contribution in [1.82, 2.24) is 5.32 Å². The van der Waals surface area contributed by atoms with Crippen LogP contribution in [0.1, 0.15) is 38.7 Å². The van der Waals surface area contributed by atoms with Crippen LogP contribution in [0.3, 0.4) is 0 Å². The van der Waals surface area contributed by atoms with Crippen LogP contribution in [0.5, 0.6) is 0 Å². The predicted octanol–water partition coefficient (Wildman–Crippen LogP) is 3.28. The Hall–Kier alpha value is -2.35. The Balaban J connectivity index is 1.51. The summed E-state index contributed by atoms with van der Waals surface area (Å²) in [6.07, 6.45) is 5.62. The fourth-order valence-electron chi connectivity index (χ4n) is 3.71. The van der Waals surface area contributed by atoms with Crippen molar-refractivity contribution in [3.63, 3.8) is 0 Å². The molecule has 0 aromatic heterocycles. The van der Waals surface area contributed by atoms with E-state index in [-0.39, 0.29) is 24.0 Å². The van der Waals surface area contributed by atoms with Crippen LogP contribution in [0, 0.1) is 5.92 Å². The van der Waals surface area contributed by atoms with Gasteiger partial charge in [0.1, 0.15) is 11.9 Å². The molecule has 2 atom stereocenters. The van der Waals surface area contributed by atoms with Gasteiger partial charge in [0, 0.05) is 18.0 Å². The lowest BCUT2D eigenvalue weighted by molar-refractivity contribution is 0.0975. The lowest BCUT2D eigenvalue weighted by atomic mass is 9.98. The monoisotopic (exact) mass is 419 g/mol. The number of hydrogen-bond acceptors (Lipinski definition) is 6. The van der Waals surface area contributed by atoms with Gasteiger partial charge < -0.3 is 15.4 Å². The number of nitrogens with zero attached hydrogens (tertiary/aromatic N) is 1. The van der Waals surface area contributed by atoms with Gasteiger partial charge in [-0.1, -0.05) is 12.1 Å². The Bertz CT molecular complexity index is 904. The number of amidine groups is 1. The largest absolute Gasteiger partial charge is 0.446 e. The van der Waals surface area contributed by atoms with Gasteiger partial charge in [-0.15, -0.1) is 0 Å². The van der Waals surface area contributed by atoms with Crippen molar-refractivity contribution in [2.24, 2.45) is 10.9 Å². The molecule has 0 radical (unpaired) electrons. The van der Waals surface area contributed by atoms with Gasteiger partial charge >= 0.3 is 6.09 Å². The van der Waals surface area contributed by atoms with E-state index in [1.807, 2.05) is 38.1 Å². The number of ether oxygens (including phenoxy) is 1. The van der Waals surface area contributed by atoms with Gasteiger partial charge in [0.2, 0.25) is 0 Å². The number of carbonyl (C=O) groups is 1. The Labute approximate surface area is 172 Å². The maximum absolute atomic E-state index is 11.8. The van der Waals surface area contributed by atoms with E-state index in [0.29, 0.717) is 12.5 Å². The zero-order valence-corrected chi connectivity index (χ0v) is 18.0. The number of amides is 1. The molecular weight excluding hydrogens is 390 g/mol. The number of benzene rings is 1. The number of nitrogens with one attached hydrogen (secondary N) is 2. The third-order valence-electron chi connectivity index (χ3n) is 5.00. The smallest absolute Gasteiger partial charge is 0.407 e. The maximum Gasteiger partial charge on any atom is 0.407 e. The minimum atomic E-state index is -3.04. The molecule has 0 spiro atoms. The van der Waals surface area contributed by atoms with E-state index in [9.17, 15) is 13.2 Å². The SMILES string of the molecule is CC(C)NC(=O)O[C@@H]1CC[C@H](C2=CC(Nc3ccc(CS(C)(=O)=O)cc3)=NC2)C1. The van der Waals surface area contributed by atoms with Gasteiger partial charge in [-0.3, -0.25) is 4.99 Å². The van der Waals surface area contributed by atoms with E-state index >= 15 is 0 Å². The third kappa shape index (κ3) is 6.59. The summed E-state index contributed by atoms with van der Waals surface area (Å²) < 4.78 is 28.3. The average Bonchev–Trinajstić information content (AvgIpc) is 3.24. The molecule has 7 nitrogen and oxygen atoms in total. The van der Waals surface area contributed by atoms with Crippen LogP contribution in [0.15, 0.2) is 40.9 Å². The highest BCUT2D eigenvalue weighted by Gasteiger charge is 2.31. The van der Waals surface area contributed by atoms with E-state index < -0.39 is 9.84 Å². The summed E-state index contributed by atoms with van der Waals surface area (Å²) in [5, 5.41) is 6.04. The molecule has 2 aliphatic rings. The second-order valence-electron chi connectivity index (χ2n) is 8.15. The molecule has 0 saturated heterocycles. The number of sulfone groups is 1. The summed E-state index contributed by atoms with van der Waals surface area (Å²) in [5.41, 5.74) is 2.90. The van der Waals surface area contributed by atoms with Crippen molar-refractivity contribution in [3.05, 3.63) is 41.5 Å². The minimum absolute atomic E-state index is 0.0401. The van der Waals surface area contributed by atoms with Gasteiger partial charge in [-0.25, -0.2) is 13.2 Å². The summed E-state index contributed by atoms with van der Waals surface area (Å²) in [4.78, 5) is 16.3. The summed E-state index contributed by atoms with van der Waals surface area (Å²) >= 11 is 0. The summed E-state index contributed by atoms with van der Waals surface area (Å²) in [6.45, 7) is 4.48. The molecule has 1 aliphatic heterocycles. The predicted molar refractivity (Wildman–Crippen MR) is 115 cm³/mol. The minimum Gasteiger partial charge on any atom is -0.446 e. The molecule has 1 saturated carbocycles. The average molecular weight is 420 g/mol. The van der Waals surface area contributed by atoms with Crippen LogP contribution in [0.2, 0.25) is 0 Å². The Morgan fingerprint density at radius 3 is 2.62 bits per heavy atom.